The minimum Gasteiger partial charge on any atom is -0.362 e. The van der Waals surface area contributed by atoms with E-state index in [1.54, 1.807) is 12.1 Å². The van der Waals surface area contributed by atoms with Gasteiger partial charge in [-0.15, -0.1) is 0 Å². The standard InChI is InChI=1S/C13H19FN2S/c1-10(2)4-3-9-15-13(17)16-12-7-5-11(14)6-8-12/h5-8,10H,3-4,9H2,1-2H3,(H2,15,16,17). The van der Waals surface area contributed by atoms with Crippen molar-refractivity contribution in [1.82, 2.24) is 5.32 Å². The molecule has 0 unspecified atom stereocenters. The van der Waals surface area contributed by atoms with Crippen molar-refractivity contribution in [1.29, 1.82) is 0 Å². The van der Waals surface area contributed by atoms with E-state index in [1.165, 1.54) is 18.6 Å². The number of thiocarbonyl (C=S) groups is 1. The van der Waals surface area contributed by atoms with E-state index in [0.717, 1.165) is 24.6 Å². The molecule has 0 radical (unpaired) electrons. The smallest absolute Gasteiger partial charge is 0.170 e. The summed E-state index contributed by atoms with van der Waals surface area (Å²) in [5, 5.41) is 6.72. The Morgan fingerprint density at radius 1 is 1.29 bits per heavy atom. The highest BCUT2D eigenvalue weighted by molar-refractivity contribution is 7.80. The highest BCUT2D eigenvalue weighted by atomic mass is 32.1. The molecule has 0 heterocycles. The zero-order valence-electron chi connectivity index (χ0n) is 10.3. The third-order valence-corrected chi connectivity index (χ3v) is 2.59. The summed E-state index contributed by atoms with van der Waals surface area (Å²) in [6, 6.07) is 6.14. The number of halogens is 1. The Labute approximate surface area is 108 Å². The van der Waals surface area contributed by atoms with E-state index in [9.17, 15) is 4.39 Å². The summed E-state index contributed by atoms with van der Waals surface area (Å²) in [5.74, 6) is 0.474. The lowest BCUT2D eigenvalue weighted by atomic mass is 10.1. The van der Waals surface area contributed by atoms with E-state index in [1.807, 2.05) is 0 Å². The van der Waals surface area contributed by atoms with E-state index < -0.39 is 0 Å². The van der Waals surface area contributed by atoms with Gasteiger partial charge in [-0.1, -0.05) is 13.8 Å². The molecule has 0 amide bonds. The Kier molecular flexibility index (Phi) is 5.91. The van der Waals surface area contributed by atoms with Crippen LogP contribution in [0, 0.1) is 11.7 Å². The van der Waals surface area contributed by atoms with Crippen LogP contribution in [-0.2, 0) is 0 Å². The van der Waals surface area contributed by atoms with Gasteiger partial charge in [0.15, 0.2) is 5.11 Å². The Balaban J connectivity index is 2.23. The van der Waals surface area contributed by atoms with Crippen LogP contribution in [0.5, 0.6) is 0 Å². The molecule has 0 spiro atoms. The van der Waals surface area contributed by atoms with Gasteiger partial charge in [0.25, 0.3) is 0 Å². The largest absolute Gasteiger partial charge is 0.362 e. The lowest BCUT2D eigenvalue weighted by molar-refractivity contribution is 0.552. The molecule has 0 aromatic heterocycles. The molecule has 1 aromatic carbocycles. The fourth-order valence-corrected chi connectivity index (χ4v) is 1.64. The molecule has 94 valence electrons. The fourth-order valence-electron chi connectivity index (χ4n) is 1.42. The second-order valence-electron chi connectivity index (χ2n) is 4.42. The van der Waals surface area contributed by atoms with Crippen molar-refractivity contribution < 1.29 is 4.39 Å². The summed E-state index contributed by atoms with van der Waals surface area (Å²) < 4.78 is 12.7. The molecule has 0 bridgehead atoms. The van der Waals surface area contributed by atoms with Crippen molar-refractivity contribution in [3.63, 3.8) is 0 Å². The minimum atomic E-state index is -0.244. The first-order valence-electron chi connectivity index (χ1n) is 5.88. The monoisotopic (exact) mass is 254 g/mol. The van der Waals surface area contributed by atoms with E-state index in [2.05, 4.69) is 24.5 Å². The molecule has 0 saturated heterocycles. The zero-order valence-corrected chi connectivity index (χ0v) is 11.1. The van der Waals surface area contributed by atoms with E-state index in [4.69, 9.17) is 12.2 Å². The maximum atomic E-state index is 12.7. The predicted molar refractivity (Wildman–Crippen MR) is 74.7 cm³/mol. The van der Waals surface area contributed by atoms with Gasteiger partial charge in [0.2, 0.25) is 0 Å². The van der Waals surface area contributed by atoms with Crippen LogP contribution in [-0.4, -0.2) is 11.7 Å². The van der Waals surface area contributed by atoms with Gasteiger partial charge in [-0.3, -0.25) is 0 Å². The quantitative estimate of drug-likeness (QED) is 0.620. The molecule has 0 saturated carbocycles. The Morgan fingerprint density at radius 2 is 1.94 bits per heavy atom. The topological polar surface area (TPSA) is 24.1 Å². The number of anilines is 1. The van der Waals surface area contributed by atoms with Gasteiger partial charge >= 0.3 is 0 Å². The first-order chi connectivity index (χ1) is 8.08. The van der Waals surface area contributed by atoms with Crippen LogP contribution in [0.3, 0.4) is 0 Å². The number of benzene rings is 1. The summed E-state index contributed by atoms with van der Waals surface area (Å²) in [6.07, 6.45) is 2.29. The van der Waals surface area contributed by atoms with E-state index >= 15 is 0 Å². The first-order valence-corrected chi connectivity index (χ1v) is 6.29. The summed E-state index contributed by atoms with van der Waals surface area (Å²) in [5.41, 5.74) is 0.799. The van der Waals surface area contributed by atoms with Crippen LogP contribution in [0.25, 0.3) is 0 Å². The summed E-state index contributed by atoms with van der Waals surface area (Å²) >= 11 is 5.13. The van der Waals surface area contributed by atoms with Crippen molar-refractivity contribution >= 4 is 23.0 Å². The van der Waals surface area contributed by atoms with Crippen LogP contribution in [0.15, 0.2) is 24.3 Å². The van der Waals surface area contributed by atoms with Gasteiger partial charge in [-0.2, -0.15) is 0 Å². The van der Waals surface area contributed by atoms with Crippen molar-refractivity contribution in [2.24, 2.45) is 5.92 Å². The molecule has 1 rings (SSSR count). The Bertz CT molecular complexity index is 349. The van der Waals surface area contributed by atoms with Crippen molar-refractivity contribution in [3.05, 3.63) is 30.1 Å². The molecule has 0 aliphatic carbocycles. The maximum Gasteiger partial charge on any atom is 0.170 e. The zero-order chi connectivity index (χ0) is 12.7. The average molecular weight is 254 g/mol. The third kappa shape index (κ3) is 6.22. The van der Waals surface area contributed by atoms with Crippen LogP contribution < -0.4 is 10.6 Å². The summed E-state index contributed by atoms with van der Waals surface area (Å²) in [7, 11) is 0. The first kappa shape index (κ1) is 13.9. The van der Waals surface area contributed by atoms with Crippen LogP contribution in [0.1, 0.15) is 26.7 Å². The van der Waals surface area contributed by atoms with Gasteiger partial charge in [-0.05, 0) is 55.2 Å². The highest BCUT2D eigenvalue weighted by Crippen LogP contribution is 2.08. The second kappa shape index (κ2) is 7.22. The average Bonchev–Trinajstić information content (AvgIpc) is 2.27. The fraction of sp³-hybridized carbons (Fsp3) is 0.462. The van der Waals surface area contributed by atoms with Gasteiger partial charge < -0.3 is 10.6 Å². The lowest BCUT2D eigenvalue weighted by Gasteiger charge is -2.11. The molecule has 0 aliphatic rings. The van der Waals surface area contributed by atoms with Gasteiger partial charge in [0, 0.05) is 12.2 Å². The molecular weight excluding hydrogens is 235 g/mol. The van der Waals surface area contributed by atoms with Crippen LogP contribution in [0.4, 0.5) is 10.1 Å². The van der Waals surface area contributed by atoms with E-state index in [-0.39, 0.29) is 5.82 Å². The van der Waals surface area contributed by atoms with Crippen LogP contribution in [0.2, 0.25) is 0 Å². The molecule has 0 aliphatic heterocycles. The van der Waals surface area contributed by atoms with Crippen molar-refractivity contribution in [2.45, 2.75) is 26.7 Å². The molecule has 0 atom stereocenters. The van der Waals surface area contributed by atoms with Gasteiger partial charge in [0.1, 0.15) is 5.82 Å². The molecule has 2 N–H and O–H groups in total. The summed E-state index contributed by atoms with van der Waals surface area (Å²) in [6.45, 7) is 5.27. The SMILES string of the molecule is CC(C)CCCNC(=S)Nc1ccc(F)cc1. The maximum absolute atomic E-state index is 12.7. The van der Waals surface area contributed by atoms with E-state index in [0.29, 0.717) is 5.11 Å². The molecule has 4 heteroatoms. The molecule has 2 nitrogen and oxygen atoms in total. The number of hydrogen-bond acceptors (Lipinski definition) is 1. The number of rotatable bonds is 5. The second-order valence-corrected chi connectivity index (χ2v) is 4.83. The Morgan fingerprint density at radius 3 is 2.53 bits per heavy atom. The van der Waals surface area contributed by atoms with Gasteiger partial charge in [0.05, 0.1) is 0 Å². The third-order valence-electron chi connectivity index (χ3n) is 2.35. The van der Waals surface area contributed by atoms with Crippen LogP contribution >= 0.6 is 12.2 Å². The normalized spacial score (nSPS) is 10.4. The molecule has 1 aromatic rings. The predicted octanol–water partition coefficient (Wildman–Crippen LogP) is 3.55. The number of nitrogens with one attached hydrogen (secondary N) is 2. The van der Waals surface area contributed by atoms with Crippen molar-refractivity contribution in [2.75, 3.05) is 11.9 Å². The lowest BCUT2D eigenvalue weighted by Crippen LogP contribution is -2.29. The van der Waals surface area contributed by atoms with Gasteiger partial charge in [-0.25, -0.2) is 4.39 Å². The highest BCUT2D eigenvalue weighted by Gasteiger charge is 1.98. The number of hydrogen-bond donors (Lipinski definition) is 2. The minimum absolute atomic E-state index is 0.244. The molecule has 0 fully saturated rings. The molecular formula is C13H19FN2S. The molecule has 17 heavy (non-hydrogen) atoms. The van der Waals surface area contributed by atoms with Crippen molar-refractivity contribution in [3.8, 4) is 0 Å². The summed E-state index contributed by atoms with van der Waals surface area (Å²) in [4.78, 5) is 0. The Hall–Kier alpha value is -1.16.